The van der Waals surface area contributed by atoms with Crippen LogP contribution in [0, 0.1) is 5.92 Å². The summed E-state index contributed by atoms with van der Waals surface area (Å²) in [6.07, 6.45) is 2.11. The molecule has 0 spiro atoms. The number of hydrogen-bond donors (Lipinski definition) is 1. The van der Waals surface area contributed by atoms with E-state index in [0.717, 1.165) is 25.9 Å². The monoisotopic (exact) mass is 215 g/mol. The summed E-state index contributed by atoms with van der Waals surface area (Å²) < 4.78 is 4.98. The fraction of sp³-hybridized carbons (Fsp3) is 0.909. The summed E-state index contributed by atoms with van der Waals surface area (Å²) in [6, 6.07) is -0.181. The zero-order valence-electron chi connectivity index (χ0n) is 9.61. The molecule has 0 aromatic rings. The second kappa shape index (κ2) is 6.08. The summed E-state index contributed by atoms with van der Waals surface area (Å²) in [5.41, 5.74) is 0. The summed E-state index contributed by atoms with van der Waals surface area (Å²) in [4.78, 5) is 13.6. The Balaban J connectivity index is 2.44. The lowest BCUT2D eigenvalue weighted by molar-refractivity contribution is -0.149. The van der Waals surface area contributed by atoms with Gasteiger partial charge in [-0.3, -0.25) is 9.69 Å². The highest BCUT2D eigenvalue weighted by Gasteiger charge is 2.27. The Morgan fingerprint density at radius 2 is 2.40 bits per heavy atom. The molecule has 15 heavy (non-hydrogen) atoms. The molecule has 1 aliphatic heterocycles. The molecule has 0 aromatic carbocycles. The molecule has 1 N–H and O–H groups in total. The Hall–Kier alpha value is -0.610. The molecule has 1 aliphatic rings. The molecule has 0 aromatic heterocycles. The Morgan fingerprint density at radius 3 is 3.00 bits per heavy atom. The minimum Gasteiger partial charge on any atom is -0.465 e. The van der Waals surface area contributed by atoms with Gasteiger partial charge in [0.25, 0.3) is 0 Å². The summed E-state index contributed by atoms with van der Waals surface area (Å²) >= 11 is 0. The first-order chi connectivity index (χ1) is 7.19. The van der Waals surface area contributed by atoms with Crippen LogP contribution in [0.4, 0.5) is 0 Å². The summed E-state index contributed by atoms with van der Waals surface area (Å²) in [5, 5.41) is 9.09. The van der Waals surface area contributed by atoms with E-state index in [4.69, 9.17) is 9.84 Å². The van der Waals surface area contributed by atoms with E-state index < -0.39 is 0 Å². The normalized spacial score (nSPS) is 24.9. The van der Waals surface area contributed by atoms with Crippen LogP contribution in [-0.2, 0) is 9.53 Å². The molecule has 1 fully saturated rings. The molecule has 4 heteroatoms. The second-order valence-corrected chi connectivity index (χ2v) is 4.11. The first kappa shape index (κ1) is 12.5. The minimum atomic E-state index is -0.181. The third kappa shape index (κ3) is 3.47. The zero-order valence-corrected chi connectivity index (χ0v) is 9.61. The van der Waals surface area contributed by atoms with Crippen LogP contribution in [0.15, 0.2) is 0 Å². The van der Waals surface area contributed by atoms with Gasteiger partial charge in [0.2, 0.25) is 0 Å². The van der Waals surface area contributed by atoms with Gasteiger partial charge in [-0.15, -0.1) is 0 Å². The largest absolute Gasteiger partial charge is 0.465 e. The van der Waals surface area contributed by atoms with Crippen molar-refractivity contribution in [1.82, 2.24) is 4.90 Å². The van der Waals surface area contributed by atoms with Crippen molar-refractivity contribution in [2.24, 2.45) is 5.92 Å². The second-order valence-electron chi connectivity index (χ2n) is 4.11. The summed E-state index contributed by atoms with van der Waals surface area (Å²) in [7, 11) is 0. The summed E-state index contributed by atoms with van der Waals surface area (Å²) in [5.74, 6) is 0.159. The molecule has 0 saturated carbocycles. The number of piperidine rings is 1. The van der Waals surface area contributed by atoms with Crippen molar-refractivity contribution in [3.63, 3.8) is 0 Å². The van der Waals surface area contributed by atoms with E-state index in [2.05, 4.69) is 4.90 Å². The van der Waals surface area contributed by atoms with E-state index >= 15 is 0 Å². The molecule has 0 aliphatic carbocycles. The van der Waals surface area contributed by atoms with E-state index in [1.54, 1.807) is 0 Å². The van der Waals surface area contributed by atoms with Gasteiger partial charge < -0.3 is 9.84 Å². The Morgan fingerprint density at radius 1 is 1.67 bits per heavy atom. The highest BCUT2D eigenvalue weighted by atomic mass is 16.5. The maximum absolute atomic E-state index is 11.5. The molecule has 1 heterocycles. The average Bonchev–Trinajstić information content (AvgIpc) is 2.28. The van der Waals surface area contributed by atoms with Crippen LogP contribution in [0.5, 0.6) is 0 Å². The number of aliphatic hydroxyl groups excluding tert-OH is 1. The predicted octanol–water partition coefficient (Wildman–Crippen LogP) is 0.642. The molecule has 4 nitrogen and oxygen atoms in total. The summed E-state index contributed by atoms with van der Waals surface area (Å²) in [6.45, 7) is 6.06. The minimum absolute atomic E-state index is 0.156. The van der Waals surface area contributed by atoms with Crippen LogP contribution in [0.3, 0.4) is 0 Å². The first-order valence-corrected chi connectivity index (χ1v) is 5.70. The van der Waals surface area contributed by atoms with Crippen molar-refractivity contribution in [3.8, 4) is 0 Å². The van der Waals surface area contributed by atoms with Crippen molar-refractivity contribution in [1.29, 1.82) is 0 Å². The van der Waals surface area contributed by atoms with Crippen LogP contribution >= 0.6 is 0 Å². The van der Waals surface area contributed by atoms with Crippen LogP contribution in [0.1, 0.15) is 26.7 Å². The standard InChI is InChI=1S/C11H21NO3/c1-3-15-11(14)9(2)12-6-4-5-10(7-12)8-13/h9-10,13H,3-8H2,1-2H3. The molecule has 88 valence electrons. The van der Waals surface area contributed by atoms with Gasteiger partial charge in [0.1, 0.15) is 6.04 Å². The molecule has 2 unspecified atom stereocenters. The van der Waals surface area contributed by atoms with Gasteiger partial charge in [-0.2, -0.15) is 0 Å². The van der Waals surface area contributed by atoms with Crippen molar-refractivity contribution in [2.45, 2.75) is 32.7 Å². The molecular formula is C11H21NO3. The predicted molar refractivity (Wildman–Crippen MR) is 57.5 cm³/mol. The fourth-order valence-corrected chi connectivity index (χ4v) is 2.01. The average molecular weight is 215 g/mol. The van der Waals surface area contributed by atoms with E-state index in [-0.39, 0.29) is 18.6 Å². The first-order valence-electron chi connectivity index (χ1n) is 5.70. The molecule has 1 rings (SSSR count). The highest BCUT2D eigenvalue weighted by Crippen LogP contribution is 2.18. The van der Waals surface area contributed by atoms with Crippen molar-refractivity contribution < 1.29 is 14.6 Å². The van der Waals surface area contributed by atoms with Gasteiger partial charge in [-0.25, -0.2) is 0 Å². The Bertz CT molecular complexity index is 208. The molecule has 0 radical (unpaired) electrons. The maximum Gasteiger partial charge on any atom is 0.323 e. The SMILES string of the molecule is CCOC(=O)C(C)N1CCCC(CO)C1. The molecular weight excluding hydrogens is 194 g/mol. The van der Waals surface area contributed by atoms with Crippen molar-refractivity contribution >= 4 is 5.97 Å². The van der Waals surface area contributed by atoms with Gasteiger partial charge in [-0.05, 0) is 39.2 Å². The molecule has 1 saturated heterocycles. The van der Waals surface area contributed by atoms with Crippen LogP contribution in [0.25, 0.3) is 0 Å². The van der Waals surface area contributed by atoms with E-state index in [1.807, 2.05) is 13.8 Å². The number of esters is 1. The van der Waals surface area contributed by atoms with Gasteiger partial charge in [0.15, 0.2) is 0 Å². The van der Waals surface area contributed by atoms with Crippen LogP contribution in [-0.4, -0.2) is 48.3 Å². The van der Waals surface area contributed by atoms with Gasteiger partial charge >= 0.3 is 5.97 Å². The van der Waals surface area contributed by atoms with Gasteiger partial charge in [0.05, 0.1) is 6.61 Å². The molecule has 0 amide bonds. The Kier molecular flexibility index (Phi) is 5.05. The lowest BCUT2D eigenvalue weighted by Crippen LogP contribution is -2.46. The number of likely N-dealkylation sites (tertiary alicyclic amines) is 1. The highest BCUT2D eigenvalue weighted by molar-refractivity contribution is 5.75. The molecule has 2 atom stereocenters. The van der Waals surface area contributed by atoms with Crippen LogP contribution in [0.2, 0.25) is 0 Å². The van der Waals surface area contributed by atoms with Gasteiger partial charge in [0, 0.05) is 13.2 Å². The van der Waals surface area contributed by atoms with Crippen molar-refractivity contribution in [2.75, 3.05) is 26.3 Å². The van der Waals surface area contributed by atoms with Gasteiger partial charge in [-0.1, -0.05) is 0 Å². The molecule has 0 bridgehead atoms. The van der Waals surface area contributed by atoms with E-state index in [0.29, 0.717) is 12.5 Å². The third-order valence-corrected chi connectivity index (χ3v) is 2.98. The van der Waals surface area contributed by atoms with Crippen LogP contribution < -0.4 is 0 Å². The quantitative estimate of drug-likeness (QED) is 0.699. The topological polar surface area (TPSA) is 49.8 Å². The van der Waals surface area contributed by atoms with E-state index in [9.17, 15) is 4.79 Å². The fourth-order valence-electron chi connectivity index (χ4n) is 2.01. The number of carbonyl (C=O) groups is 1. The number of ether oxygens (including phenoxy) is 1. The number of nitrogens with zero attached hydrogens (tertiary/aromatic N) is 1. The smallest absolute Gasteiger partial charge is 0.323 e. The number of carbonyl (C=O) groups excluding carboxylic acids is 1. The number of hydrogen-bond acceptors (Lipinski definition) is 4. The number of rotatable bonds is 4. The van der Waals surface area contributed by atoms with E-state index in [1.165, 1.54) is 0 Å². The zero-order chi connectivity index (χ0) is 11.3. The Labute approximate surface area is 91.2 Å². The lowest BCUT2D eigenvalue weighted by Gasteiger charge is -2.34. The van der Waals surface area contributed by atoms with Crippen molar-refractivity contribution in [3.05, 3.63) is 0 Å². The third-order valence-electron chi connectivity index (χ3n) is 2.98. The maximum atomic E-state index is 11.5. The number of aliphatic hydroxyl groups is 1. The lowest BCUT2D eigenvalue weighted by atomic mass is 9.98.